The predicted molar refractivity (Wildman–Crippen MR) is 93.6 cm³/mol. The predicted octanol–water partition coefficient (Wildman–Crippen LogP) is 5.76. The van der Waals surface area contributed by atoms with E-state index in [1.807, 2.05) is 38.1 Å². The third-order valence-corrected chi connectivity index (χ3v) is 3.13. The number of allylic oxidation sites excluding steroid dienone is 2. The first-order valence-corrected chi connectivity index (χ1v) is 6.96. The van der Waals surface area contributed by atoms with Gasteiger partial charge in [0.2, 0.25) is 0 Å². The van der Waals surface area contributed by atoms with Crippen molar-refractivity contribution in [2.45, 2.75) is 20.8 Å². The maximum Gasteiger partial charge on any atom is 0.118 e. The number of hydrogen-bond donors (Lipinski definition) is 0. The van der Waals surface area contributed by atoms with Gasteiger partial charge < -0.3 is 4.74 Å². The average molecular weight is 280 g/mol. The SMILES string of the molecule is C=C(C)c1ccc(C)cc1.C=C(C)c1ccc(OC)cc1. The standard InChI is InChI=1S/C10H12O.C10H12/c1-8(2)9-4-6-10(11-3)7-5-9;1-8(2)10-6-4-9(3)5-7-10/h4-7H,1H2,2-3H3;4-7H,1H2,2-3H3. The fourth-order valence-corrected chi connectivity index (χ4v) is 1.71. The lowest BCUT2D eigenvalue weighted by Gasteiger charge is -2.01. The Hall–Kier alpha value is -2.28. The van der Waals surface area contributed by atoms with Crippen LogP contribution in [0.1, 0.15) is 30.5 Å². The van der Waals surface area contributed by atoms with E-state index in [1.54, 1.807) is 7.11 Å². The zero-order valence-electron chi connectivity index (χ0n) is 13.4. The van der Waals surface area contributed by atoms with E-state index >= 15 is 0 Å². The van der Waals surface area contributed by atoms with E-state index in [1.165, 1.54) is 11.1 Å². The largest absolute Gasteiger partial charge is 0.497 e. The van der Waals surface area contributed by atoms with E-state index in [9.17, 15) is 0 Å². The van der Waals surface area contributed by atoms with Crippen LogP contribution in [0.15, 0.2) is 61.7 Å². The molecule has 0 atom stereocenters. The summed E-state index contributed by atoms with van der Waals surface area (Å²) in [6.07, 6.45) is 0. The molecule has 21 heavy (non-hydrogen) atoms. The quantitative estimate of drug-likeness (QED) is 0.695. The second-order valence-electron chi connectivity index (χ2n) is 5.16. The molecule has 2 aromatic carbocycles. The van der Waals surface area contributed by atoms with Gasteiger partial charge in [-0.2, -0.15) is 0 Å². The maximum absolute atomic E-state index is 5.02. The van der Waals surface area contributed by atoms with Crippen molar-refractivity contribution in [1.29, 1.82) is 0 Å². The molecule has 110 valence electrons. The summed E-state index contributed by atoms with van der Waals surface area (Å²) in [5.74, 6) is 0.884. The van der Waals surface area contributed by atoms with Crippen LogP contribution in [-0.2, 0) is 0 Å². The van der Waals surface area contributed by atoms with Crippen LogP contribution in [0.4, 0.5) is 0 Å². The summed E-state index contributed by atoms with van der Waals surface area (Å²) in [4.78, 5) is 0. The third-order valence-electron chi connectivity index (χ3n) is 3.13. The minimum Gasteiger partial charge on any atom is -0.497 e. The summed E-state index contributed by atoms with van der Waals surface area (Å²) in [6.45, 7) is 13.8. The van der Waals surface area contributed by atoms with Gasteiger partial charge in [-0.3, -0.25) is 0 Å². The second-order valence-corrected chi connectivity index (χ2v) is 5.16. The lowest BCUT2D eigenvalue weighted by molar-refractivity contribution is 0.415. The smallest absolute Gasteiger partial charge is 0.118 e. The van der Waals surface area contributed by atoms with E-state index in [4.69, 9.17) is 4.74 Å². The Morgan fingerprint density at radius 2 is 1.14 bits per heavy atom. The summed E-state index contributed by atoms with van der Waals surface area (Å²) >= 11 is 0. The molecule has 0 amide bonds. The van der Waals surface area contributed by atoms with Gasteiger partial charge in [0.25, 0.3) is 0 Å². The molecule has 0 fully saturated rings. The number of rotatable bonds is 3. The highest BCUT2D eigenvalue weighted by atomic mass is 16.5. The van der Waals surface area contributed by atoms with Crippen molar-refractivity contribution in [2.75, 3.05) is 7.11 Å². The number of ether oxygens (including phenoxy) is 1. The molecule has 0 N–H and O–H groups in total. The van der Waals surface area contributed by atoms with Gasteiger partial charge in [0, 0.05) is 0 Å². The lowest BCUT2D eigenvalue weighted by Crippen LogP contribution is -1.82. The van der Waals surface area contributed by atoms with Crippen LogP contribution in [-0.4, -0.2) is 7.11 Å². The van der Waals surface area contributed by atoms with Gasteiger partial charge in [-0.25, -0.2) is 0 Å². The molecule has 2 aromatic rings. The normalized spacial score (nSPS) is 9.33. The highest BCUT2D eigenvalue weighted by molar-refractivity contribution is 5.62. The van der Waals surface area contributed by atoms with Crippen LogP contribution < -0.4 is 4.74 Å². The van der Waals surface area contributed by atoms with Gasteiger partial charge in [-0.1, -0.05) is 66.3 Å². The van der Waals surface area contributed by atoms with Crippen molar-refractivity contribution < 1.29 is 4.74 Å². The highest BCUT2D eigenvalue weighted by Crippen LogP contribution is 2.16. The molecule has 1 nitrogen and oxygen atoms in total. The topological polar surface area (TPSA) is 9.23 Å². The molecule has 0 aliphatic heterocycles. The lowest BCUT2D eigenvalue weighted by atomic mass is 10.1. The number of aryl methyl sites for hydroxylation is 1. The van der Waals surface area contributed by atoms with Crippen LogP contribution in [0, 0.1) is 6.92 Å². The zero-order valence-corrected chi connectivity index (χ0v) is 13.4. The van der Waals surface area contributed by atoms with Crippen LogP contribution >= 0.6 is 0 Å². The average Bonchev–Trinajstić information content (AvgIpc) is 2.48. The maximum atomic E-state index is 5.02. The van der Waals surface area contributed by atoms with Crippen LogP contribution in [0.25, 0.3) is 11.1 Å². The minimum absolute atomic E-state index is 0.884. The molecular weight excluding hydrogens is 256 g/mol. The first kappa shape index (κ1) is 16.8. The molecule has 0 aromatic heterocycles. The van der Waals surface area contributed by atoms with Crippen molar-refractivity contribution in [3.05, 3.63) is 78.4 Å². The van der Waals surface area contributed by atoms with Crippen molar-refractivity contribution >= 4 is 11.1 Å². The summed E-state index contributed by atoms with van der Waals surface area (Å²) in [5, 5.41) is 0. The highest BCUT2D eigenvalue weighted by Gasteiger charge is 1.92. The van der Waals surface area contributed by atoms with E-state index < -0.39 is 0 Å². The molecular formula is C20H24O. The van der Waals surface area contributed by atoms with Gasteiger partial charge in [-0.05, 0) is 44.0 Å². The Labute approximate surface area is 128 Å². The number of benzene rings is 2. The summed E-state index contributed by atoms with van der Waals surface area (Å²) in [5.41, 5.74) is 5.88. The first-order chi connectivity index (χ1) is 9.93. The van der Waals surface area contributed by atoms with Crippen molar-refractivity contribution in [2.24, 2.45) is 0 Å². The molecule has 0 spiro atoms. The first-order valence-electron chi connectivity index (χ1n) is 6.96. The summed E-state index contributed by atoms with van der Waals surface area (Å²) in [6, 6.07) is 16.3. The molecule has 0 heterocycles. The third kappa shape index (κ3) is 5.70. The van der Waals surface area contributed by atoms with Crippen LogP contribution in [0.2, 0.25) is 0 Å². The van der Waals surface area contributed by atoms with E-state index in [0.29, 0.717) is 0 Å². The van der Waals surface area contributed by atoms with Gasteiger partial charge in [0.05, 0.1) is 7.11 Å². The van der Waals surface area contributed by atoms with Crippen LogP contribution in [0.3, 0.4) is 0 Å². The minimum atomic E-state index is 0.884. The molecule has 0 unspecified atom stereocenters. The summed E-state index contributed by atoms with van der Waals surface area (Å²) in [7, 11) is 1.66. The van der Waals surface area contributed by atoms with E-state index in [2.05, 4.69) is 44.3 Å². The summed E-state index contributed by atoms with van der Waals surface area (Å²) < 4.78 is 5.02. The van der Waals surface area contributed by atoms with Gasteiger partial charge in [-0.15, -0.1) is 0 Å². The number of hydrogen-bond acceptors (Lipinski definition) is 1. The fraction of sp³-hybridized carbons (Fsp3) is 0.200. The Balaban J connectivity index is 0.000000211. The molecule has 0 aliphatic carbocycles. The molecule has 0 saturated heterocycles. The zero-order chi connectivity index (χ0) is 15.8. The molecule has 0 bridgehead atoms. The van der Waals surface area contributed by atoms with Crippen molar-refractivity contribution in [1.82, 2.24) is 0 Å². The Morgan fingerprint density at radius 3 is 1.48 bits per heavy atom. The van der Waals surface area contributed by atoms with E-state index in [-0.39, 0.29) is 0 Å². The Bertz CT molecular complexity index is 589. The molecule has 0 radical (unpaired) electrons. The van der Waals surface area contributed by atoms with Crippen molar-refractivity contribution in [3.8, 4) is 5.75 Å². The van der Waals surface area contributed by atoms with Gasteiger partial charge in [0.1, 0.15) is 5.75 Å². The second kappa shape index (κ2) is 8.11. The van der Waals surface area contributed by atoms with Gasteiger partial charge in [0.15, 0.2) is 0 Å². The number of methoxy groups -OCH3 is 1. The Morgan fingerprint density at radius 1 is 0.762 bits per heavy atom. The Kier molecular flexibility index (Phi) is 6.48. The van der Waals surface area contributed by atoms with Gasteiger partial charge >= 0.3 is 0 Å². The molecule has 0 saturated carbocycles. The molecule has 2 rings (SSSR count). The van der Waals surface area contributed by atoms with E-state index in [0.717, 1.165) is 22.5 Å². The fourth-order valence-electron chi connectivity index (χ4n) is 1.71. The van der Waals surface area contributed by atoms with Crippen LogP contribution in [0.5, 0.6) is 5.75 Å². The van der Waals surface area contributed by atoms with Crippen molar-refractivity contribution in [3.63, 3.8) is 0 Å². The molecule has 1 heteroatoms. The monoisotopic (exact) mass is 280 g/mol. The molecule has 0 aliphatic rings.